The summed E-state index contributed by atoms with van der Waals surface area (Å²) in [7, 11) is -1.27. The third kappa shape index (κ3) is 3.01. The second-order valence-corrected chi connectivity index (χ2v) is 9.14. The maximum absolute atomic E-state index is 12.5. The van der Waals surface area contributed by atoms with Crippen molar-refractivity contribution in [2.24, 2.45) is 7.05 Å². The van der Waals surface area contributed by atoms with Gasteiger partial charge in [0.2, 0.25) is 0 Å². The molecule has 26 heavy (non-hydrogen) atoms. The molecule has 0 spiro atoms. The second kappa shape index (κ2) is 6.17. The summed E-state index contributed by atoms with van der Waals surface area (Å²) in [5.74, 6) is 0.440. The van der Waals surface area contributed by atoms with Gasteiger partial charge in [-0.1, -0.05) is 23.7 Å². The van der Waals surface area contributed by atoms with E-state index in [-0.39, 0.29) is 23.5 Å². The van der Waals surface area contributed by atoms with Crippen LogP contribution in [-0.4, -0.2) is 36.4 Å². The zero-order valence-electron chi connectivity index (χ0n) is 14.0. The minimum Gasteiger partial charge on any atom is -0.454 e. The number of fused-ring (bicyclic) bond motifs is 1. The van der Waals surface area contributed by atoms with Crippen LogP contribution in [0.2, 0.25) is 5.02 Å². The molecule has 1 fully saturated rings. The van der Waals surface area contributed by atoms with E-state index in [4.69, 9.17) is 16.0 Å². The molecule has 1 amide bonds. The number of carbonyl (C=O) groups excluding carboxylic acids is 1. The van der Waals surface area contributed by atoms with Crippen LogP contribution in [0.1, 0.15) is 16.9 Å². The Labute approximate surface area is 155 Å². The fraction of sp³-hybridized carbons (Fsp3) is 0.278. The third-order valence-corrected chi connectivity index (χ3v) is 6.77. The first-order valence-corrected chi connectivity index (χ1v) is 10.4. The summed E-state index contributed by atoms with van der Waals surface area (Å²) in [5.41, 5.74) is 2.55. The number of hydrogen-bond donors (Lipinski definition) is 1. The summed E-state index contributed by atoms with van der Waals surface area (Å²) in [6.45, 7) is 0. The first kappa shape index (κ1) is 17.2. The highest BCUT2D eigenvalue weighted by molar-refractivity contribution is 7.91. The molecule has 0 saturated carbocycles. The van der Waals surface area contributed by atoms with Crippen LogP contribution in [0.4, 0.5) is 0 Å². The van der Waals surface area contributed by atoms with Gasteiger partial charge in [0, 0.05) is 30.8 Å². The zero-order chi connectivity index (χ0) is 18.5. The highest BCUT2D eigenvalue weighted by Crippen LogP contribution is 2.33. The van der Waals surface area contributed by atoms with Gasteiger partial charge >= 0.3 is 0 Å². The van der Waals surface area contributed by atoms with Crippen LogP contribution < -0.4 is 5.32 Å². The molecule has 1 N–H and O–H groups in total. The Bertz CT molecular complexity index is 1110. The quantitative estimate of drug-likeness (QED) is 0.742. The predicted octanol–water partition coefficient (Wildman–Crippen LogP) is 3.01. The molecule has 0 bridgehead atoms. The number of hydrogen-bond acceptors (Lipinski definition) is 4. The molecule has 4 rings (SSSR count). The van der Waals surface area contributed by atoms with Gasteiger partial charge in [-0.3, -0.25) is 4.79 Å². The van der Waals surface area contributed by atoms with Gasteiger partial charge in [0.15, 0.2) is 15.4 Å². The Balaban J connectivity index is 1.62. The normalized spacial score (nSPS) is 19.1. The van der Waals surface area contributed by atoms with Gasteiger partial charge in [-0.05, 0) is 18.6 Å². The van der Waals surface area contributed by atoms with Crippen molar-refractivity contribution in [1.82, 2.24) is 9.88 Å². The van der Waals surface area contributed by atoms with Crippen molar-refractivity contribution in [3.63, 3.8) is 0 Å². The number of rotatable bonds is 3. The molecular formula is C18H17ClN2O4S. The largest absolute Gasteiger partial charge is 0.454 e. The lowest BCUT2D eigenvalue weighted by Crippen LogP contribution is -2.36. The number of nitrogens with one attached hydrogen (secondary N) is 1. The summed E-state index contributed by atoms with van der Waals surface area (Å²) in [4.78, 5) is 12.5. The maximum Gasteiger partial charge on any atom is 0.268 e. The molecule has 136 valence electrons. The smallest absolute Gasteiger partial charge is 0.268 e. The highest BCUT2D eigenvalue weighted by Gasteiger charge is 2.30. The molecule has 0 aliphatic carbocycles. The van der Waals surface area contributed by atoms with Crippen LogP contribution in [0.5, 0.6) is 0 Å². The molecule has 1 aromatic carbocycles. The van der Waals surface area contributed by atoms with Gasteiger partial charge in [0.05, 0.1) is 22.0 Å². The van der Waals surface area contributed by atoms with Gasteiger partial charge < -0.3 is 14.3 Å². The number of aromatic nitrogens is 1. The summed E-state index contributed by atoms with van der Waals surface area (Å²) >= 11 is 6.21. The number of furan rings is 1. The maximum atomic E-state index is 12.5. The van der Waals surface area contributed by atoms with E-state index in [1.54, 1.807) is 23.7 Å². The molecule has 3 heterocycles. The summed E-state index contributed by atoms with van der Waals surface area (Å²) in [6, 6.07) is 10.5. The molecule has 1 aliphatic heterocycles. The SMILES string of the molecule is Cn1c(C(=O)N[C@@H]2CCS(=O)(=O)C2)cc2oc(-c3ccccc3Cl)cc21. The molecule has 8 heteroatoms. The number of benzene rings is 1. The lowest BCUT2D eigenvalue weighted by atomic mass is 10.2. The first-order valence-electron chi connectivity index (χ1n) is 8.19. The predicted molar refractivity (Wildman–Crippen MR) is 100 cm³/mol. The van der Waals surface area contributed by atoms with Crippen LogP contribution in [0, 0.1) is 0 Å². The van der Waals surface area contributed by atoms with E-state index in [1.165, 1.54) is 0 Å². The van der Waals surface area contributed by atoms with Crippen LogP contribution in [0.3, 0.4) is 0 Å². The fourth-order valence-corrected chi connectivity index (χ4v) is 5.19. The summed E-state index contributed by atoms with van der Waals surface area (Å²) in [5, 5.41) is 3.39. The Morgan fingerprint density at radius 2 is 2.08 bits per heavy atom. The standard InChI is InChI=1S/C18H17ClN2O4S/c1-21-14-8-16(12-4-2-3-5-13(12)19)25-17(14)9-15(21)18(22)20-11-6-7-26(23,24)10-11/h2-5,8-9,11H,6-7,10H2,1H3,(H,20,22)/t11-/m1/s1. The van der Waals surface area contributed by atoms with Crippen LogP contribution in [0.15, 0.2) is 40.8 Å². The van der Waals surface area contributed by atoms with Crippen LogP contribution in [-0.2, 0) is 16.9 Å². The molecule has 1 saturated heterocycles. The molecule has 6 nitrogen and oxygen atoms in total. The zero-order valence-corrected chi connectivity index (χ0v) is 15.6. The van der Waals surface area contributed by atoms with Gasteiger partial charge in [0.1, 0.15) is 11.5 Å². The van der Waals surface area contributed by atoms with Gasteiger partial charge in [-0.25, -0.2) is 8.42 Å². The van der Waals surface area contributed by atoms with Gasteiger partial charge in [-0.15, -0.1) is 0 Å². The molecule has 0 radical (unpaired) electrons. The second-order valence-electron chi connectivity index (χ2n) is 6.50. The Hall–Kier alpha value is -2.25. The molecule has 3 aromatic rings. The Morgan fingerprint density at radius 3 is 2.73 bits per heavy atom. The topological polar surface area (TPSA) is 81.3 Å². The lowest BCUT2D eigenvalue weighted by Gasteiger charge is -2.11. The van der Waals surface area contributed by atoms with Crippen molar-refractivity contribution in [3.8, 4) is 11.3 Å². The number of aryl methyl sites for hydroxylation is 1. The van der Waals surface area contributed by atoms with E-state index in [1.807, 2.05) is 24.3 Å². The molecule has 2 aromatic heterocycles. The number of halogens is 1. The van der Waals surface area contributed by atoms with E-state index < -0.39 is 9.84 Å². The van der Waals surface area contributed by atoms with Crippen molar-refractivity contribution >= 4 is 38.4 Å². The molecule has 1 atom stereocenters. The van der Waals surface area contributed by atoms with E-state index in [2.05, 4.69) is 5.32 Å². The van der Waals surface area contributed by atoms with Crippen molar-refractivity contribution in [3.05, 3.63) is 47.1 Å². The Morgan fingerprint density at radius 1 is 1.31 bits per heavy atom. The van der Waals surface area contributed by atoms with Crippen LogP contribution in [0.25, 0.3) is 22.4 Å². The van der Waals surface area contributed by atoms with Crippen molar-refractivity contribution in [2.45, 2.75) is 12.5 Å². The molecule has 1 aliphatic rings. The first-order chi connectivity index (χ1) is 12.3. The van der Waals surface area contributed by atoms with Crippen molar-refractivity contribution in [1.29, 1.82) is 0 Å². The minimum atomic E-state index is -3.04. The van der Waals surface area contributed by atoms with E-state index in [0.717, 1.165) is 11.1 Å². The van der Waals surface area contributed by atoms with Gasteiger partial charge in [-0.2, -0.15) is 0 Å². The van der Waals surface area contributed by atoms with Gasteiger partial charge in [0.25, 0.3) is 5.91 Å². The van der Waals surface area contributed by atoms with E-state index >= 15 is 0 Å². The number of amides is 1. The van der Waals surface area contributed by atoms with Crippen molar-refractivity contribution < 1.29 is 17.6 Å². The van der Waals surface area contributed by atoms with E-state index in [9.17, 15) is 13.2 Å². The molecular weight excluding hydrogens is 376 g/mol. The number of nitrogens with zero attached hydrogens (tertiary/aromatic N) is 1. The number of carbonyl (C=O) groups is 1. The lowest BCUT2D eigenvalue weighted by molar-refractivity contribution is 0.0933. The number of sulfone groups is 1. The average Bonchev–Trinajstić information content (AvgIpc) is 3.22. The summed E-state index contributed by atoms with van der Waals surface area (Å²) < 4.78 is 30.7. The average molecular weight is 393 g/mol. The van der Waals surface area contributed by atoms with Crippen molar-refractivity contribution in [2.75, 3.05) is 11.5 Å². The summed E-state index contributed by atoms with van der Waals surface area (Å²) in [6.07, 6.45) is 0.450. The Kier molecular flexibility index (Phi) is 4.08. The third-order valence-electron chi connectivity index (χ3n) is 4.67. The van der Waals surface area contributed by atoms with Crippen LogP contribution >= 0.6 is 11.6 Å². The minimum absolute atomic E-state index is 0.00403. The van der Waals surface area contributed by atoms with E-state index in [0.29, 0.717) is 28.5 Å². The fourth-order valence-electron chi connectivity index (χ4n) is 3.29. The highest BCUT2D eigenvalue weighted by atomic mass is 35.5. The monoisotopic (exact) mass is 392 g/mol. The molecule has 0 unspecified atom stereocenters.